The van der Waals surface area contributed by atoms with Crippen LogP contribution in [0.15, 0.2) is 18.2 Å². The molecule has 0 aromatic heterocycles. The minimum absolute atomic E-state index is 0.168. The normalized spacial score (nSPS) is 27.1. The van der Waals surface area contributed by atoms with E-state index in [4.69, 9.17) is 4.74 Å². The number of alkyl halides is 3. The highest BCUT2D eigenvalue weighted by Crippen LogP contribution is 2.42. The van der Waals surface area contributed by atoms with Crippen molar-refractivity contribution in [1.82, 2.24) is 0 Å². The number of ether oxygens (including phenoxy) is 1. The molecule has 2 aliphatic rings. The zero-order valence-electron chi connectivity index (χ0n) is 18.4. The number of rotatable bonds is 7. The average Bonchev–Trinajstić information content (AvgIpc) is 2.74. The molecule has 174 valence electrons. The van der Waals surface area contributed by atoms with Crippen LogP contribution in [0.5, 0.6) is 5.75 Å². The fourth-order valence-electron chi connectivity index (χ4n) is 5.45. The summed E-state index contributed by atoms with van der Waals surface area (Å²) in [5.74, 6) is -0.0131. The van der Waals surface area contributed by atoms with Gasteiger partial charge in [-0.15, -0.1) is 0 Å². The summed E-state index contributed by atoms with van der Waals surface area (Å²) >= 11 is 0. The highest BCUT2D eigenvalue weighted by Gasteiger charge is 2.35. The second-order valence-electron chi connectivity index (χ2n) is 9.45. The Morgan fingerprint density at radius 3 is 2.13 bits per heavy atom. The van der Waals surface area contributed by atoms with Crippen LogP contribution in [0.4, 0.5) is 17.6 Å². The lowest BCUT2D eigenvalue weighted by Crippen LogP contribution is -2.30. The van der Waals surface area contributed by atoms with Crippen molar-refractivity contribution < 1.29 is 27.1 Å². The zero-order chi connectivity index (χ0) is 22.4. The van der Waals surface area contributed by atoms with Gasteiger partial charge in [0.15, 0.2) is 0 Å². The predicted octanol–water partition coefficient (Wildman–Crippen LogP) is 7.94. The third kappa shape index (κ3) is 6.69. The Bertz CT molecular complexity index is 715. The molecule has 0 heterocycles. The number of halogens is 4. The number of benzene rings is 1. The standard InChI is InChI=1S/C25H34F4O2/c1-2-3-4-5-17-6-8-18(9-7-17)19-10-12-20(13-11-19)24(30)31-21-14-15-22(23(26)16-21)25(27,28)29/h14-20H,2-13H2,1H3. The first kappa shape index (κ1) is 24.1. The third-order valence-electron chi connectivity index (χ3n) is 7.34. The first-order valence-electron chi connectivity index (χ1n) is 11.9. The van der Waals surface area contributed by atoms with Gasteiger partial charge in [0.2, 0.25) is 0 Å². The van der Waals surface area contributed by atoms with Crippen LogP contribution in [0.25, 0.3) is 0 Å². The molecule has 2 aliphatic carbocycles. The van der Waals surface area contributed by atoms with Crippen LogP contribution in [0.2, 0.25) is 0 Å². The van der Waals surface area contributed by atoms with Crippen molar-refractivity contribution in [2.75, 3.05) is 0 Å². The van der Waals surface area contributed by atoms with Gasteiger partial charge in [-0.25, -0.2) is 4.39 Å². The maximum atomic E-state index is 13.7. The molecular weight excluding hydrogens is 408 g/mol. The van der Waals surface area contributed by atoms with Gasteiger partial charge in [0, 0.05) is 6.07 Å². The lowest BCUT2D eigenvalue weighted by atomic mass is 9.68. The SMILES string of the molecule is CCCCCC1CCC(C2CCC(C(=O)Oc3ccc(C(F)(F)F)c(F)c3)CC2)CC1. The molecule has 1 aromatic carbocycles. The Morgan fingerprint density at radius 2 is 1.58 bits per heavy atom. The van der Waals surface area contributed by atoms with E-state index >= 15 is 0 Å². The van der Waals surface area contributed by atoms with Gasteiger partial charge in [0.25, 0.3) is 0 Å². The van der Waals surface area contributed by atoms with Gasteiger partial charge in [-0.05, 0) is 68.4 Å². The maximum absolute atomic E-state index is 13.7. The van der Waals surface area contributed by atoms with Crippen molar-refractivity contribution in [2.24, 2.45) is 23.7 Å². The summed E-state index contributed by atoms with van der Waals surface area (Å²) in [4.78, 5) is 12.4. The molecule has 0 radical (unpaired) electrons. The van der Waals surface area contributed by atoms with Crippen LogP contribution < -0.4 is 4.74 Å². The Morgan fingerprint density at radius 1 is 0.968 bits per heavy atom. The van der Waals surface area contributed by atoms with Crippen molar-refractivity contribution in [2.45, 2.75) is 90.1 Å². The van der Waals surface area contributed by atoms with E-state index < -0.39 is 23.5 Å². The van der Waals surface area contributed by atoms with Crippen LogP contribution in [-0.4, -0.2) is 5.97 Å². The van der Waals surface area contributed by atoms with E-state index in [0.29, 0.717) is 18.1 Å². The fraction of sp³-hybridized carbons (Fsp3) is 0.720. The van der Waals surface area contributed by atoms with Gasteiger partial charge in [0.05, 0.1) is 11.5 Å². The largest absolute Gasteiger partial charge is 0.426 e. The van der Waals surface area contributed by atoms with Crippen molar-refractivity contribution in [3.05, 3.63) is 29.6 Å². The second kappa shape index (κ2) is 10.8. The van der Waals surface area contributed by atoms with E-state index in [-0.39, 0.29) is 11.7 Å². The van der Waals surface area contributed by atoms with E-state index in [9.17, 15) is 22.4 Å². The van der Waals surface area contributed by atoms with Crippen molar-refractivity contribution >= 4 is 5.97 Å². The Balaban J connectivity index is 1.43. The number of esters is 1. The Labute approximate surface area is 182 Å². The van der Waals surface area contributed by atoms with Crippen LogP contribution in [0.1, 0.15) is 89.5 Å². The lowest BCUT2D eigenvalue weighted by molar-refractivity contribution is -0.140. The molecule has 0 unspecified atom stereocenters. The van der Waals surface area contributed by atoms with Gasteiger partial charge < -0.3 is 4.74 Å². The smallest absolute Gasteiger partial charge is 0.419 e. The summed E-state index contributed by atoms with van der Waals surface area (Å²) in [6, 6.07) is 2.27. The van der Waals surface area contributed by atoms with Crippen LogP contribution in [0.3, 0.4) is 0 Å². The maximum Gasteiger partial charge on any atom is 0.419 e. The van der Waals surface area contributed by atoms with Gasteiger partial charge in [-0.2, -0.15) is 13.2 Å². The van der Waals surface area contributed by atoms with Crippen molar-refractivity contribution in [3.63, 3.8) is 0 Å². The highest BCUT2D eigenvalue weighted by molar-refractivity contribution is 5.75. The van der Waals surface area contributed by atoms with Crippen molar-refractivity contribution in [1.29, 1.82) is 0 Å². The zero-order valence-corrected chi connectivity index (χ0v) is 18.4. The first-order chi connectivity index (χ1) is 14.8. The summed E-state index contributed by atoms with van der Waals surface area (Å²) in [6.07, 6.45) is 9.26. The summed E-state index contributed by atoms with van der Waals surface area (Å²) < 4.78 is 56.9. The lowest BCUT2D eigenvalue weighted by Gasteiger charge is -2.37. The molecule has 0 spiro atoms. The highest BCUT2D eigenvalue weighted by atomic mass is 19.4. The molecule has 0 saturated heterocycles. The molecule has 6 heteroatoms. The number of carbonyl (C=O) groups is 1. The fourth-order valence-corrected chi connectivity index (χ4v) is 5.45. The van der Waals surface area contributed by atoms with E-state index in [0.717, 1.165) is 43.6 Å². The second-order valence-corrected chi connectivity index (χ2v) is 9.45. The van der Waals surface area contributed by atoms with E-state index in [1.807, 2.05) is 0 Å². The number of carbonyl (C=O) groups excluding carboxylic acids is 1. The summed E-state index contributed by atoms with van der Waals surface area (Å²) in [7, 11) is 0. The molecule has 0 amide bonds. The molecule has 2 fully saturated rings. The third-order valence-corrected chi connectivity index (χ3v) is 7.34. The van der Waals surface area contributed by atoms with Crippen LogP contribution in [0, 0.1) is 29.5 Å². The van der Waals surface area contributed by atoms with Crippen LogP contribution in [-0.2, 0) is 11.0 Å². The van der Waals surface area contributed by atoms with E-state index in [1.54, 1.807) is 0 Å². The number of unbranched alkanes of at least 4 members (excludes halogenated alkanes) is 2. The average molecular weight is 443 g/mol. The summed E-state index contributed by atoms with van der Waals surface area (Å²) in [6.45, 7) is 2.24. The topological polar surface area (TPSA) is 26.3 Å². The summed E-state index contributed by atoms with van der Waals surface area (Å²) in [5, 5.41) is 0. The molecule has 2 saturated carbocycles. The molecular formula is C25H34F4O2. The van der Waals surface area contributed by atoms with Crippen molar-refractivity contribution in [3.8, 4) is 5.75 Å². The van der Waals surface area contributed by atoms with E-state index in [1.165, 1.54) is 51.4 Å². The molecule has 2 nitrogen and oxygen atoms in total. The molecule has 0 aliphatic heterocycles. The van der Waals surface area contributed by atoms with Crippen LogP contribution >= 0.6 is 0 Å². The minimum Gasteiger partial charge on any atom is -0.426 e. The monoisotopic (exact) mass is 442 g/mol. The molecule has 1 aromatic rings. The molecule has 31 heavy (non-hydrogen) atoms. The number of hydrogen-bond acceptors (Lipinski definition) is 2. The molecule has 0 N–H and O–H groups in total. The van der Waals surface area contributed by atoms with Gasteiger partial charge in [-0.1, -0.05) is 45.4 Å². The van der Waals surface area contributed by atoms with Gasteiger partial charge in [-0.3, -0.25) is 4.79 Å². The Kier molecular flexibility index (Phi) is 8.40. The summed E-state index contributed by atoms with van der Waals surface area (Å²) in [5.41, 5.74) is -1.35. The van der Waals surface area contributed by atoms with Gasteiger partial charge >= 0.3 is 12.1 Å². The van der Waals surface area contributed by atoms with Gasteiger partial charge in [0.1, 0.15) is 11.6 Å². The quantitative estimate of drug-likeness (QED) is 0.185. The predicted molar refractivity (Wildman–Crippen MR) is 112 cm³/mol. The minimum atomic E-state index is -4.76. The number of hydrogen-bond donors (Lipinski definition) is 0. The van der Waals surface area contributed by atoms with E-state index in [2.05, 4.69) is 6.92 Å². The molecule has 0 atom stereocenters. The molecule has 3 rings (SSSR count). The Hall–Kier alpha value is -1.59. The molecule has 0 bridgehead atoms. The first-order valence-corrected chi connectivity index (χ1v) is 11.9.